The van der Waals surface area contributed by atoms with Gasteiger partial charge in [0.05, 0.1) is 0 Å². The van der Waals surface area contributed by atoms with Crippen molar-refractivity contribution in [1.29, 1.82) is 0 Å². The Bertz CT molecular complexity index is 323. The number of carbonyl (C=O) groups excluding carboxylic acids is 1. The van der Waals surface area contributed by atoms with Gasteiger partial charge in [0.25, 0.3) is 0 Å². The molecule has 1 saturated heterocycles. The predicted molar refractivity (Wildman–Crippen MR) is 112 cm³/mol. The summed E-state index contributed by atoms with van der Waals surface area (Å²) < 4.78 is 0. The van der Waals surface area contributed by atoms with E-state index in [2.05, 4.69) is 10.2 Å². The molecule has 1 aliphatic heterocycles. The van der Waals surface area contributed by atoms with E-state index in [9.17, 15) is 4.79 Å². The number of hydrogen-bond acceptors (Lipinski definition) is 3. The normalized spacial score (nSPS) is 21.9. The van der Waals surface area contributed by atoms with E-state index in [0.717, 1.165) is 51.9 Å². The van der Waals surface area contributed by atoms with E-state index >= 15 is 0 Å². The maximum Gasteiger partial charge on any atom is 0.222 e. The van der Waals surface area contributed by atoms with Gasteiger partial charge in [-0.25, -0.2) is 0 Å². The topological polar surface area (TPSA) is 58.4 Å². The fourth-order valence-electron chi connectivity index (χ4n) is 3.79. The van der Waals surface area contributed by atoms with Crippen molar-refractivity contribution in [2.45, 2.75) is 103 Å². The van der Waals surface area contributed by atoms with Crippen LogP contribution in [0.3, 0.4) is 0 Å². The smallest absolute Gasteiger partial charge is 0.222 e. The van der Waals surface area contributed by atoms with Crippen molar-refractivity contribution in [3.8, 4) is 0 Å². The molecule has 154 valence electrons. The van der Waals surface area contributed by atoms with Crippen LogP contribution in [0.1, 0.15) is 103 Å². The van der Waals surface area contributed by atoms with Crippen molar-refractivity contribution in [2.24, 2.45) is 5.73 Å². The van der Waals surface area contributed by atoms with Crippen molar-refractivity contribution in [3.05, 3.63) is 0 Å². The van der Waals surface area contributed by atoms with Gasteiger partial charge < -0.3 is 16.0 Å². The van der Waals surface area contributed by atoms with Gasteiger partial charge in [0.1, 0.15) is 0 Å². The van der Waals surface area contributed by atoms with Gasteiger partial charge in [-0.15, -0.1) is 0 Å². The van der Waals surface area contributed by atoms with E-state index in [1.54, 1.807) is 0 Å². The maximum absolute atomic E-state index is 12.5. The van der Waals surface area contributed by atoms with Gasteiger partial charge in [0, 0.05) is 19.5 Å². The third kappa shape index (κ3) is 13.6. The molecule has 1 aliphatic rings. The molecule has 0 aromatic carbocycles. The summed E-state index contributed by atoms with van der Waals surface area (Å²) in [4.78, 5) is 14.6. The van der Waals surface area contributed by atoms with Crippen LogP contribution in [-0.4, -0.2) is 43.5 Å². The van der Waals surface area contributed by atoms with Crippen molar-refractivity contribution in [1.82, 2.24) is 10.2 Å². The molecule has 0 spiro atoms. The number of nitrogens with zero attached hydrogens (tertiary/aromatic N) is 1. The molecule has 26 heavy (non-hydrogen) atoms. The van der Waals surface area contributed by atoms with Gasteiger partial charge >= 0.3 is 0 Å². The highest BCUT2D eigenvalue weighted by atomic mass is 16.2. The van der Waals surface area contributed by atoms with E-state index in [1.165, 1.54) is 77.0 Å². The fraction of sp³-hybridized carbons (Fsp3) is 0.955. The van der Waals surface area contributed by atoms with E-state index in [1.807, 2.05) is 0 Å². The Morgan fingerprint density at radius 2 is 1.23 bits per heavy atom. The minimum absolute atomic E-state index is 0.337. The largest absolute Gasteiger partial charge is 0.343 e. The quantitative estimate of drug-likeness (QED) is 0.765. The molecular weight excluding hydrogens is 322 g/mol. The predicted octanol–water partition coefficient (Wildman–Crippen LogP) is 4.62. The van der Waals surface area contributed by atoms with Crippen LogP contribution in [0, 0.1) is 0 Å². The number of amides is 1. The lowest BCUT2D eigenvalue weighted by molar-refractivity contribution is -0.131. The second-order valence-corrected chi connectivity index (χ2v) is 7.97. The van der Waals surface area contributed by atoms with Crippen LogP contribution < -0.4 is 11.1 Å². The summed E-state index contributed by atoms with van der Waals surface area (Å²) in [5.74, 6) is 0.337. The third-order valence-electron chi connectivity index (χ3n) is 5.51. The van der Waals surface area contributed by atoms with Gasteiger partial charge in [-0.05, 0) is 45.3 Å². The summed E-state index contributed by atoms with van der Waals surface area (Å²) >= 11 is 0. The summed E-state index contributed by atoms with van der Waals surface area (Å²) in [6.07, 6.45) is 20.1. The first kappa shape index (κ1) is 23.4. The molecule has 0 radical (unpaired) electrons. The summed E-state index contributed by atoms with van der Waals surface area (Å²) in [6, 6.07) is 0. The maximum atomic E-state index is 12.5. The van der Waals surface area contributed by atoms with Crippen LogP contribution in [0.2, 0.25) is 0 Å². The molecule has 3 N–H and O–H groups in total. The molecule has 0 bridgehead atoms. The average molecular weight is 368 g/mol. The molecule has 1 rings (SSSR count). The number of rotatable bonds is 3. The van der Waals surface area contributed by atoms with E-state index in [4.69, 9.17) is 5.73 Å². The van der Waals surface area contributed by atoms with Crippen LogP contribution in [0.25, 0.3) is 0 Å². The van der Waals surface area contributed by atoms with Crippen LogP contribution in [0.5, 0.6) is 0 Å². The highest BCUT2D eigenvalue weighted by molar-refractivity contribution is 5.76. The SMILES string of the molecule is NCCCN1CCCNCCCCCCCCCCCCCCCC1=O. The first-order chi connectivity index (χ1) is 12.8. The molecule has 0 unspecified atom stereocenters. The van der Waals surface area contributed by atoms with E-state index < -0.39 is 0 Å². The molecule has 0 atom stereocenters. The number of carbonyl (C=O) groups is 1. The highest BCUT2D eigenvalue weighted by Gasteiger charge is 2.12. The van der Waals surface area contributed by atoms with Crippen molar-refractivity contribution in [2.75, 3.05) is 32.7 Å². The summed E-state index contributed by atoms with van der Waals surface area (Å²) in [6.45, 7) is 4.52. The fourth-order valence-corrected chi connectivity index (χ4v) is 3.79. The molecular formula is C22H45N3O. The molecule has 0 aromatic heterocycles. The van der Waals surface area contributed by atoms with E-state index in [-0.39, 0.29) is 0 Å². The molecule has 1 fully saturated rings. The molecule has 1 amide bonds. The zero-order valence-electron chi connectivity index (χ0n) is 17.3. The Morgan fingerprint density at radius 3 is 1.81 bits per heavy atom. The molecule has 4 heteroatoms. The third-order valence-corrected chi connectivity index (χ3v) is 5.51. The second-order valence-electron chi connectivity index (χ2n) is 7.97. The second kappa shape index (κ2) is 17.8. The monoisotopic (exact) mass is 367 g/mol. The first-order valence-corrected chi connectivity index (χ1v) is 11.5. The highest BCUT2D eigenvalue weighted by Crippen LogP contribution is 2.13. The standard InChI is InChI=1S/C22H45N3O/c23-17-14-20-25-21-15-19-24-18-13-11-9-7-5-3-1-2-4-6-8-10-12-16-22(25)26/h24H,1-21,23H2. The summed E-state index contributed by atoms with van der Waals surface area (Å²) in [7, 11) is 0. The Labute approximate surface area is 162 Å². The van der Waals surface area contributed by atoms with Gasteiger partial charge in [0.2, 0.25) is 5.91 Å². The van der Waals surface area contributed by atoms with Crippen molar-refractivity contribution < 1.29 is 4.79 Å². The minimum Gasteiger partial charge on any atom is -0.343 e. The van der Waals surface area contributed by atoms with E-state index in [0.29, 0.717) is 12.5 Å². The minimum atomic E-state index is 0.337. The van der Waals surface area contributed by atoms with Gasteiger partial charge in [0.15, 0.2) is 0 Å². The molecule has 1 heterocycles. The lowest BCUT2D eigenvalue weighted by atomic mass is 10.0. The average Bonchev–Trinajstić information content (AvgIpc) is 2.65. The summed E-state index contributed by atoms with van der Waals surface area (Å²) in [5, 5.41) is 3.54. The zero-order valence-corrected chi connectivity index (χ0v) is 17.3. The van der Waals surface area contributed by atoms with Crippen molar-refractivity contribution >= 4 is 5.91 Å². The lowest BCUT2D eigenvalue weighted by Gasteiger charge is -2.23. The van der Waals surface area contributed by atoms with Gasteiger partial charge in [-0.2, -0.15) is 0 Å². The van der Waals surface area contributed by atoms with Gasteiger partial charge in [-0.1, -0.05) is 70.6 Å². The zero-order chi connectivity index (χ0) is 18.7. The Hall–Kier alpha value is -0.610. The Morgan fingerprint density at radius 1 is 0.731 bits per heavy atom. The first-order valence-electron chi connectivity index (χ1n) is 11.5. The Balaban J connectivity index is 2.31. The van der Waals surface area contributed by atoms with Gasteiger partial charge in [-0.3, -0.25) is 4.79 Å². The molecule has 0 aromatic rings. The van der Waals surface area contributed by atoms with Crippen LogP contribution in [0.4, 0.5) is 0 Å². The van der Waals surface area contributed by atoms with Crippen LogP contribution >= 0.6 is 0 Å². The molecule has 0 saturated carbocycles. The van der Waals surface area contributed by atoms with Crippen molar-refractivity contribution in [3.63, 3.8) is 0 Å². The Kier molecular flexibility index (Phi) is 16.0. The number of hydrogen-bond donors (Lipinski definition) is 2. The van der Waals surface area contributed by atoms with Crippen LogP contribution in [0.15, 0.2) is 0 Å². The van der Waals surface area contributed by atoms with Crippen LogP contribution in [-0.2, 0) is 4.79 Å². The number of nitrogens with two attached hydrogens (primary N) is 1. The molecule has 0 aliphatic carbocycles. The lowest BCUT2D eigenvalue weighted by Crippen LogP contribution is -2.35. The number of nitrogens with one attached hydrogen (secondary N) is 1. The molecule has 4 nitrogen and oxygen atoms in total. The summed E-state index contributed by atoms with van der Waals surface area (Å²) in [5.41, 5.74) is 5.64.